The van der Waals surface area contributed by atoms with Gasteiger partial charge in [-0.25, -0.2) is 19.6 Å². The van der Waals surface area contributed by atoms with Gasteiger partial charge in [-0.3, -0.25) is 9.48 Å². The van der Waals surface area contributed by atoms with Crippen LogP contribution in [0.15, 0.2) is 71.1 Å². The minimum Gasteiger partial charge on any atom is -0.475 e. The van der Waals surface area contributed by atoms with Crippen LogP contribution in [0.4, 0.5) is 17.6 Å². The zero-order chi connectivity index (χ0) is 30.0. The van der Waals surface area contributed by atoms with Crippen molar-refractivity contribution in [3.63, 3.8) is 0 Å². The van der Waals surface area contributed by atoms with E-state index in [0.29, 0.717) is 60.5 Å². The van der Waals surface area contributed by atoms with Crippen molar-refractivity contribution in [2.24, 2.45) is 4.99 Å². The van der Waals surface area contributed by atoms with E-state index in [1.54, 1.807) is 29.1 Å². The molecule has 2 aliphatic heterocycles. The van der Waals surface area contributed by atoms with Gasteiger partial charge in [0.05, 0.1) is 30.1 Å². The second-order valence-electron chi connectivity index (χ2n) is 11.1. The molecule has 3 N–H and O–H groups in total. The van der Waals surface area contributed by atoms with E-state index < -0.39 is 6.04 Å². The van der Waals surface area contributed by atoms with Gasteiger partial charge in [0.1, 0.15) is 23.8 Å². The van der Waals surface area contributed by atoms with E-state index in [9.17, 15) is 9.90 Å². The molecule has 1 spiro atoms. The Morgan fingerprint density at radius 2 is 1.93 bits per heavy atom. The minimum absolute atomic E-state index is 0.00107. The van der Waals surface area contributed by atoms with Crippen LogP contribution >= 0.6 is 0 Å². The largest absolute Gasteiger partial charge is 0.475 e. The van der Waals surface area contributed by atoms with E-state index in [4.69, 9.17) is 24.4 Å². The number of nitrogens with zero attached hydrogens (tertiary/aromatic N) is 6. The SMILES string of the molecule is C=CCn1c(=O)c2ccc(Nc3ncc(C4=NC5(CCOCC5)CO4)c(N[C@H](CO)c4ccccc4)n3)nc2n1C(C)C. The van der Waals surface area contributed by atoms with Gasteiger partial charge in [-0.15, -0.1) is 6.58 Å². The third-order valence-electron chi connectivity index (χ3n) is 7.80. The second-order valence-corrected chi connectivity index (χ2v) is 11.1. The third kappa shape index (κ3) is 5.63. The van der Waals surface area contributed by atoms with E-state index in [1.165, 1.54) is 0 Å². The number of aliphatic imine (C=N–C) groups is 1. The van der Waals surface area contributed by atoms with Gasteiger partial charge in [0.15, 0.2) is 5.65 Å². The van der Waals surface area contributed by atoms with Gasteiger partial charge in [-0.1, -0.05) is 36.4 Å². The lowest BCUT2D eigenvalue weighted by Gasteiger charge is -2.28. The molecule has 6 rings (SSSR count). The summed E-state index contributed by atoms with van der Waals surface area (Å²) in [7, 11) is 0. The predicted octanol–water partition coefficient (Wildman–Crippen LogP) is 3.97. The van der Waals surface area contributed by atoms with Crippen molar-refractivity contribution in [3.05, 3.63) is 82.8 Å². The second kappa shape index (κ2) is 12.0. The number of allylic oxidation sites excluding steroid dienone is 1. The zero-order valence-corrected chi connectivity index (χ0v) is 24.4. The van der Waals surface area contributed by atoms with Crippen molar-refractivity contribution in [2.45, 2.75) is 50.9 Å². The average molecular weight is 585 g/mol. The van der Waals surface area contributed by atoms with Crippen LogP contribution in [-0.2, 0) is 16.0 Å². The summed E-state index contributed by atoms with van der Waals surface area (Å²) in [6, 6.07) is 12.7. The van der Waals surface area contributed by atoms with E-state index in [1.807, 2.05) is 48.9 Å². The number of anilines is 3. The Labute approximate surface area is 249 Å². The molecule has 0 amide bonds. The average Bonchev–Trinajstić information content (AvgIpc) is 3.54. The fourth-order valence-electron chi connectivity index (χ4n) is 5.56. The maximum Gasteiger partial charge on any atom is 0.276 e. The summed E-state index contributed by atoms with van der Waals surface area (Å²) < 4.78 is 15.2. The monoisotopic (exact) mass is 584 g/mol. The molecule has 4 aromatic rings. The number of nitrogens with one attached hydrogen (secondary N) is 2. The van der Waals surface area contributed by atoms with Gasteiger partial charge in [-0.2, -0.15) is 4.98 Å². The van der Waals surface area contributed by atoms with Crippen molar-refractivity contribution in [1.82, 2.24) is 24.3 Å². The highest BCUT2D eigenvalue weighted by atomic mass is 16.5. The molecule has 1 aromatic carbocycles. The number of hydrogen-bond donors (Lipinski definition) is 3. The Morgan fingerprint density at radius 1 is 1.14 bits per heavy atom. The summed E-state index contributed by atoms with van der Waals surface area (Å²) in [6.45, 7) is 9.78. The third-order valence-corrected chi connectivity index (χ3v) is 7.80. The highest BCUT2D eigenvalue weighted by Crippen LogP contribution is 2.33. The first-order valence-corrected chi connectivity index (χ1v) is 14.5. The van der Waals surface area contributed by atoms with E-state index in [0.717, 1.165) is 18.4 Å². The van der Waals surface area contributed by atoms with Crippen molar-refractivity contribution in [2.75, 3.05) is 37.1 Å². The first kappa shape index (κ1) is 28.6. The molecule has 0 radical (unpaired) electrons. The maximum absolute atomic E-state index is 13.0. The van der Waals surface area contributed by atoms with Crippen molar-refractivity contribution >= 4 is 34.5 Å². The molecular weight excluding hydrogens is 548 g/mol. The summed E-state index contributed by atoms with van der Waals surface area (Å²) in [6.07, 6.45) is 4.93. The number of aliphatic hydroxyl groups excluding tert-OH is 1. The fraction of sp³-hybridized carbons (Fsp3) is 0.387. The first-order valence-electron chi connectivity index (χ1n) is 14.5. The van der Waals surface area contributed by atoms with Crippen LogP contribution in [0, 0.1) is 0 Å². The van der Waals surface area contributed by atoms with Gasteiger partial charge >= 0.3 is 0 Å². The summed E-state index contributed by atoms with van der Waals surface area (Å²) in [5, 5.41) is 17.4. The zero-order valence-electron chi connectivity index (χ0n) is 24.4. The molecule has 5 heterocycles. The van der Waals surface area contributed by atoms with Gasteiger partial charge in [0.25, 0.3) is 5.56 Å². The van der Waals surface area contributed by atoms with Crippen LogP contribution in [0.3, 0.4) is 0 Å². The van der Waals surface area contributed by atoms with Gasteiger partial charge in [-0.05, 0) is 44.4 Å². The summed E-state index contributed by atoms with van der Waals surface area (Å²) in [5.41, 5.74) is 1.63. The lowest BCUT2D eigenvalue weighted by molar-refractivity contribution is 0.0442. The molecule has 0 bridgehead atoms. The molecular formula is C31H36N8O4. The number of aromatic nitrogens is 5. The van der Waals surface area contributed by atoms with Crippen molar-refractivity contribution < 1.29 is 14.6 Å². The Bertz CT molecular complexity index is 1710. The van der Waals surface area contributed by atoms with Crippen LogP contribution in [0.5, 0.6) is 0 Å². The predicted molar refractivity (Wildman–Crippen MR) is 165 cm³/mol. The lowest BCUT2D eigenvalue weighted by Crippen LogP contribution is -2.35. The Morgan fingerprint density at radius 3 is 2.65 bits per heavy atom. The molecule has 3 aromatic heterocycles. The minimum atomic E-state index is -0.429. The molecule has 12 nitrogen and oxygen atoms in total. The van der Waals surface area contributed by atoms with Crippen LogP contribution in [0.25, 0.3) is 11.0 Å². The Balaban J connectivity index is 1.37. The van der Waals surface area contributed by atoms with Gasteiger partial charge < -0.3 is 25.2 Å². The first-order chi connectivity index (χ1) is 20.9. The quantitative estimate of drug-likeness (QED) is 0.236. The molecule has 1 atom stereocenters. The summed E-state index contributed by atoms with van der Waals surface area (Å²) >= 11 is 0. The lowest BCUT2D eigenvalue weighted by atomic mass is 9.92. The Hall–Kier alpha value is -4.55. The normalized spacial score (nSPS) is 16.7. The van der Waals surface area contributed by atoms with E-state index in [-0.39, 0.29) is 29.7 Å². The number of ether oxygens (including phenoxy) is 2. The Kier molecular flexibility index (Phi) is 7.96. The maximum atomic E-state index is 13.0. The molecule has 0 aliphatic carbocycles. The molecule has 224 valence electrons. The van der Waals surface area contributed by atoms with E-state index >= 15 is 0 Å². The molecule has 0 saturated carbocycles. The number of pyridine rings is 1. The molecule has 0 unspecified atom stereocenters. The standard InChI is InChI=1S/C31H36N8O4/c1-4-14-38-29(41)22-10-11-25(34-27(22)39(38)20(2)3)35-30-32-17-23(28-37-31(19-43-28)12-15-42-16-13-31)26(36-30)33-24(18-40)21-8-6-5-7-9-21/h4-11,17,20,24,40H,1,12-16,18-19H2,2-3H3,(H2,32,33,34,35,36)/t24-/m1/s1. The van der Waals surface area contributed by atoms with E-state index in [2.05, 4.69) is 22.2 Å². The van der Waals surface area contributed by atoms with Crippen molar-refractivity contribution in [3.8, 4) is 0 Å². The van der Waals surface area contributed by atoms with Crippen LogP contribution in [0.2, 0.25) is 0 Å². The summed E-state index contributed by atoms with van der Waals surface area (Å²) in [4.78, 5) is 32.1. The summed E-state index contributed by atoms with van der Waals surface area (Å²) in [5.74, 6) is 1.69. The smallest absolute Gasteiger partial charge is 0.276 e. The number of hydrogen-bond acceptors (Lipinski definition) is 10. The van der Waals surface area contributed by atoms with Crippen LogP contribution < -0.4 is 16.2 Å². The molecule has 12 heteroatoms. The number of benzene rings is 1. The topological polar surface area (TPSA) is 141 Å². The molecule has 1 fully saturated rings. The van der Waals surface area contributed by atoms with Crippen LogP contribution in [-0.4, -0.2) is 67.3 Å². The highest BCUT2D eigenvalue weighted by molar-refractivity contribution is 6.00. The number of rotatable bonds is 10. The molecule has 2 aliphatic rings. The molecule has 1 saturated heterocycles. The van der Waals surface area contributed by atoms with Gasteiger partial charge in [0.2, 0.25) is 11.8 Å². The van der Waals surface area contributed by atoms with Gasteiger partial charge in [0, 0.05) is 25.5 Å². The van der Waals surface area contributed by atoms with Crippen molar-refractivity contribution in [1.29, 1.82) is 0 Å². The highest BCUT2D eigenvalue weighted by Gasteiger charge is 2.39. The number of aliphatic hydroxyl groups is 1. The molecule has 43 heavy (non-hydrogen) atoms. The van der Waals surface area contributed by atoms with Crippen LogP contribution in [0.1, 0.15) is 49.9 Å². The number of fused-ring (bicyclic) bond motifs is 1. The fourth-order valence-corrected chi connectivity index (χ4v) is 5.56.